The third-order valence-corrected chi connectivity index (χ3v) is 4.34. The Labute approximate surface area is 111 Å². The van der Waals surface area contributed by atoms with Gasteiger partial charge in [0.1, 0.15) is 0 Å². The van der Waals surface area contributed by atoms with Gasteiger partial charge < -0.3 is 5.32 Å². The van der Waals surface area contributed by atoms with Gasteiger partial charge in [-0.1, -0.05) is 37.3 Å². The van der Waals surface area contributed by atoms with Crippen LogP contribution in [0.1, 0.15) is 31.4 Å². The van der Waals surface area contributed by atoms with Crippen LogP contribution < -0.4 is 5.32 Å². The Morgan fingerprint density at radius 1 is 1.39 bits per heavy atom. The van der Waals surface area contributed by atoms with Crippen LogP contribution in [-0.2, 0) is 4.79 Å². The van der Waals surface area contributed by atoms with Crippen LogP contribution in [0.2, 0.25) is 0 Å². The molecule has 1 N–H and O–H groups in total. The van der Waals surface area contributed by atoms with Gasteiger partial charge >= 0.3 is 0 Å². The lowest BCUT2D eigenvalue weighted by molar-refractivity contribution is -0.119. The molecule has 0 saturated carbocycles. The molecule has 4 heteroatoms. The number of carbonyl (C=O) groups is 1. The van der Waals surface area contributed by atoms with Crippen molar-refractivity contribution in [3.8, 4) is 0 Å². The molecule has 96 valence electrons. The molecule has 3 nitrogen and oxygen atoms in total. The van der Waals surface area contributed by atoms with Crippen LogP contribution in [0.3, 0.4) is 0 Å². The SMILES string of the molecule is CCC(C)C(=O)Nc1nc2c(C)ccc(C)c2s1. The number of hydrogen-bond acceptors (Lipinski definition) is 3. The summed E-state index contributed by atoms with van der Waals surface area (Å²) in [5, 5.41) is 3.61. The molecule has 0 radical (unpaired) electrons. The minimum atomic E-state index is 0.0270. The maximum atomic E-state index is 11.8. The fourth-order valence-corrected chi connectivity index (χ4v) is 2.74. The molecule has 1 atom stereocenters. The summed E-state index contributed by atoms with van der Waals surface area (Å²) in [5.74, 6) is 0.0751. The van der Waals surface area contributed by atoms with Gasteiger partial charge in [0, 0.05) is 5.92 Å². The number of nitrogens with one attached hydrogen (secondary N) is 1. The first-order valence-corrected chi connectivity index (χ1v) is 7.02. The molecule has 1 amide bonds. The van der Waals surface area contributed by atoms with Crippen molar-refractivity contribution in [3.05, 3.63) is 23.3 Å². The Hall–Kier alpha value is -1.42. The summed E-state index contributed by atoms with van der Waals surface area (Å²) in [4.78, 5) is 16.4. The molecule has 1 aromatic heterocycles. The number of anilines is 1. The third-order valence-electron chi connectivity index (χ3n) is 3.23. The van der Waals surface area contributed by atoms with E-state index in [1.807, 2.05) is 20.8 Å². The monoisotopic (exact) mass is 262 g/mol. The molecule has 1 unspecified atom stereocenters. The number of thiazole rings is 1. The molecule has 0 aliphatic rings. The second-order valence-corrected chi connectivity index (χ2v) is 5.69. The predicted molar refractivity (Wildman–Crippen MR) is 77.2 cm³/mol. The topological polar surface area (TPSA) is 42.0 Å². The highest BCUT2D eigenvalue weighted by Crippen LogP contribution is 2.31. The number of rotatable bonds is 3. The van der Waals surface area contributed by atoms with E-state index in [1.165, 1.54) is 5.56 Å². The largest absolute Gasteiger partial charge is 0.302 e. The fourth-order valence-electron chi connectivity index (χ4n) is 1.73. The number of aromatic nitrogens is 1. The van der Waals surface area contributed by atoms with E-state index in [0.717, 1.165) is 22.2 Å². The first kappa shape index (κ1) is 13.0. The Kier molecular flexibility index (Phi) is 3.66. The van der Waals surface area contributed by atoms with Crippen LogP contribution in [0.15, 0.2) is 12.1 Å². The quantitative estimate of drug-likeness (QED) is 0.911. The van der Waals surface area contributed by atoms with Crippen LogP contribution in [0.4, 0.5) is 5.13 Å². The second-order valence-electron chi connectivity index (χ2n) is 4.69. The van der Waals surface area contributed by atoms with Gasteiger partial charge in [-0.25, -0.2) is 4.98 Å². The molecule has 1 heterocycles. The first-order valence-electron chi connectivity index (χ1n) is 6.20. The van der Waals surface area contributed by atoms with E-state index in [4.69, 9.17) is 0 Å². The van der Waals surface area contributed by atoms with E-state index in [1.54, 1.807) is 11.3 Å². The Morgan fingerprint density at radius 3 is 2.67 bits per heavy atom. The summed E-state index contributed by atoms with van der Waals surface area (Å²) in [6, 6.07) is 4.16. The molecule has 0 aliphatic heterocycles. The minimum Gasteiger partial charge on any atom is -0.302 e. The van der Waals surface area contributed by atoms with Crippen LogP contribution in [0.5, 0.6) is 0 Å². The van der Waals surface area contributed by atoms with Crippen molar-refractivity contribution in [1.29, 1.82) is 0 Å². The predicted octanol–water partition coefficient (Wildman–Crippen LogP) is 3.90. The van der Waals surface area contributed by atoms with Crippen molar-refractivity contribution in [1.82, 2.24) is 4.98 Å². The molecule has 0 fully saturated rings. The number of carbonyl (C=O) groups excluding carboxylic acids is 1. The summed E-state index contributed by atoms with van der Waals surface area (Å²) < 4.78 is 1.16. The van der Waals surface area contributed by atoms with Crippen LogP contribution in [-0.4, -0.2) is 10.9 Å². The van der Waals surface area contributed by atoms with E-state index in [2.05, 4.69) is 29.4 Å². The smallest absolute Gasteiger partial charge is 0.228 e. The lowest BCUT2D eigenvalue weighted by Crippen LogP contribution is -2.19. The van der Waals surface area contributed by atoms with Gasteiger partial charge in [0.2, 0.25) is 5.91 Å². The highest BCUT2D eigenvalue weighted by atomic mass is 32.1. The van der Waals surface area contributed by atoms with Crippen LogP contribution >= 0.6 is 11.3 Å². The van der Waals surface area contributed by atoms with Crippen molar-refractivity contribution in [2.75, 3.05) is 5.32 Å². The first-order chi connectivity index (χ1) is 8.52. The van der Waals surface area contributed by atoms with Crippen LogP contribution in [0.25, 0.3) is 10.2 Å². The zero-order chi connectivity index (χ0) is 13.3. The molecule has 0 spiro atoms. The highest BCUT2D eigenvalue weighted by molar-refractivity contribution is 7.22. The number of nitrogens with zero attached hydrogens (tertiary/aromatic N) is 1. The maximum absolute atomic E-state index is 11.8. The molecule has 1 aromatic carbocycles. The number of aryl methyl sites for hydroxylation is 2. The van der Waals surface area contributed by atoms with Gasteiger partial charge in [-0.15, -0.1) is 0 Å². The molecule has 0 saturated heterocycles. The third kappa shape index (κ3) is 2.38. The van der Waals surface area contributed by atoms with Crippen molar-refractivity contribution in [2.24, 2.45) is 5.92 Å². The van der Waals surface area contributed by atoms with E-state index < -0.39 is 0 Å². The second kappa shape index (κ2) is 5.06. The number of hydrogen-bond donors (Lipinski definition) is 1. The summed E-state index contributed by atoms with van der Waals surface area (Å²) in [6.07, 6.45) is 0.842. The Bertz CT molecular complexity index is 550. The van der Waals surface area contributed by atoms with Gasteiger partial charge in [0.15, 0.2) is 5.13 Å². The summed E-state index contributed by atoms with van der Waals surface area (Å²) in [6.45, 7) is 8.05. The number of benzene rings is 1. The fraction of sp³-hybridized carbons (Fsp3) is 0.429. The molecule has 0 bridgehead atoms. The van der Waals surface area contributed by atoms with E-state index >= 15 is 0 Å². The Balaban J connectivity index is 2.34. The summed E-state index contributed by atoms with van der Waals surface area (Å²) in [7, 11) is 0. The standard InChI is InChI=1S/C14H18N2OS/c1-5-8(2)13(17)16-14-15-11-9(3)6-7-10(4)12(11)18-14/h6-8H,5H2,1-4H3,(H,15,16,17). The van der Waals surface area contributed by atoms with Gasteiger partial charge in [-0.05, 0) is 31.4 Å². The van der Waals surface area contributed by atoms with Crippen LogP contribution in [0, 0.1) is 19.8 Å². The number of amides is 1. The summed E-state index contributed by atoms with van der Waals surface area (Å²) in [5.41, 5.74) is 3.35. The lowest BCUT2D eigenvalue weighted by atomic mass is 10.1. The number of fused-ring (bicyclic) bond motifs is 1. The van der Waals surface area contributed by atoms with Gasteiger partial charge in [0.25, 0.3) is 0 Å². The van der Waals surface area contributed by atoms with Gasteiger partial charge in [0.05, 0.1) is 10.2 Å². The molecule has 2 aromatic rings. The molecule has 18 heavy (non-hydrogen) atoms. The lowest BCUT2D eigenvalue weighted by Gasteiger charge is -2.06. The van der Waals surface area contributed by atoms with Gasteiger partial charge in [-0.3, -0.25) is 4.79 Å². The zero-order valence-corrected chi connectivity index (χ0v) is 12.0. The van der Waals surface area contributed by atoms with Crippen molar-refractivity contribution < 1.29 is 4.79 Å². The average Bonchev–Trinajstić information content (AvgIpc) is 2.77. The highest BCUT2D eigenvalue weighted by Gasteiger charge is 2.14. The normalized spacial score (nSPS) is 12.7. The van der Waals surface area contributed by atoms with Crippen molar-refractivity contribution in [2.45, 2.75) is 34.1 Å². The summed E-state index contributed by atoms with van der Waals surface area (Å²) >= 11 is 1.55. The van der Waals surface area contributed by atoms with Crippen molar-refractivity contribution >= 4 is 32.6 Å². The molecule has 2 rings (SSSR count). The zero-order valence-electron chi connectivity index (χ0n) is 11.2. The van der Waals surface area contributed by atoms with E-state index in [-0.39, 0.29) is 11.8 Å². The molecular formula is C14H18N2OS. The van der Waals surface area contributed by atoms with E-state index in [0.29, 0.717) is 5.13 Å². The Morgan fingerprint density at radius 2 is 2.06 bits per heavy atom. The van der Waals surface area contributed by atoms with E-state index in [9.17, 15) is 4.79 Å². The van der Waals surface area contributed by atoms with Gasteiger partial charge in [-0.2, -0.15) is 0 Å². The minimum absolute atomic E-state index is 0.0270. The molecule has 0 aliphatic carbocycles. The maximum Gasteiger partial charge on any atom is 0.228 e. The average molecular weight is 262 g/mol. The van der Waals surface area contributed by atoms with Crippen molar-refractivity contribution in [3.63, 3.8) is 0 Å². The molecular weight excluding hydrogens is 244 g/mol.